The van der Waals surface area contributed by atoms with Crippen LogP contribution < -0.4 is 4.90 Å². The van der Waals surface area contributed by atoms with Gasteiger partial charge in [0.25, 0.3) is 5.91 Å². The number of anilines is 1. The average molecular weight is 351 g/mol. The summed E-state index contributed by atoms with van der Waals surface area (Å²) in [5.74, 6) is -0.0759. The Morgan fingerprint density at radius 1 is 0.960 bits per heavy atom. The molecule has 0 aliphatic carbocycles. The largest absolute Gasteiger partial charge is 0.308 e. The average Bonchev–Trinajstić information content (AvgIpc) is 2.89. The van der Waals surface area contributed by atoms with E-state index in [-0.39, 0.29) is 15.7 Å². The first-order chi connectivity index (χ1) is 11.9. The summed E-state index contributed by atoms with van der Waals surface area (Å²) in [6.07, 6.45) is 0. The van der Waals surface area contributed by atoms with Crippen LogP contribution in [0.4, 0.5) is 5.69 Å². The van der Waals surface area contributed by atoms with Crippen LogP contribution >= 0.6 is 0 Å². The molecule has 1 aliphatic rings. The van der Waals surface area contributed by atoms with Gasteiger partial charge in [-0.2, -0.15) is 0 Å². The van der Waals surface area contributed by atoms with E-state index in [1.165, 1.54) is 0 Å². The normalized spacial score (nSPS) is 13.7. The highest BCUT2D eigenvalue weighted by Crippen LogP contribution is 2.40. The molecule has 1 heterocycles. The molecular formula is C20H17NO3S. The summed E-state index contributed by atoms with van der Waals surface area (Å²) in [4.78, 5) is 14.7. The quantitative estimate of drug-likeness (QED) is 0.718. The second kappa shape index (κ2) is 5.43. The first kappa shape index (κ1) is 15.8. The van der Waals surface area contributed by atoms with Crippen LogP contribution in [0.1, 0.15) is 22.8 Å². The lowest BCUT2D eigenvalue weighted by atomic mass is 10.1. The summed E-state index contributed by atoms with van der Waals surface area (Å²) in [5, 5.41) is 1.32. The van der Waals surface area contributed by atoms with E-state index in [9.17, 15) is 13.2 Å². The molecule has 5 heteroatoms. The third-order valence-corrected chi connectivity index (χ3v) is 6.51. The summed E-state index contributed by atoms with van der Waals surface area (Å²) in [5.41, 5.74) is 2.35. The Morgan fingerprint density at radius 2 is 1.68 bits per heavy atom. The Morgan fingerprint density at radius 3 is 2.36 bits per heavy atom. The van der Waals surface area contributed by atoms with Gasteiger partial charge in [-0.3, -0.25) is 4.79 Å². The minimum atomic E-state index is -3.66. The molecule has 126 valence electrons. The molecule has 0 aromatic heterocycles. The Hall–Kier alpha value is -2.66. The van der Waals surface area contributed by atoms with Crippen LogP contribution in [0.3, 0.4) is 0 Å². The van der Waals surface area contributed by atoms with Crippen molar-refractivity contribution in [1.82, 2.24) is 0 Å². The van der Waals surface area contributed by atoms with Gasteiger partial charge in [0.15, 0.2) is 0 Å². The van der Waals surface area contributed by atoms with Crippen LogP contribution in [0.15, 0.2) is 64.4 Å². The van der Waals surface area contributed by atoms with Gasteiger partial charge >= 0.3 is 0 Å². The lowest BCUT2D eigenvalue weighted by molar-refractivity contribution is 0.0994. The van der Waals surface area contributed by atoms with Crippen molar-refractivity contribution in [1.29, 1.82) is 0 Å². The molecule has 25 heavy (non-hydrogen) atoms. The predicted octanol–water partition coefficient (Wildman–Crippen LogP) is 3.96. The SMILES string of the molecule is CCN1C(=O)c2ccc(S(=O)(=O)c3ccc(C)cc3)c3cccc1c23. The predicted molar refractivity (Wildman–Crippen MR) is 97.9 cm³/mol. The van der Waals surface area contributed by atoms with E-state index in [0.717, 1.165) is 16.6 Å². The van der Waals surface area contributed by atoms with E-state index in [1.54, 1.807) is 53.4 Å². The van der Waals surface area contributed by atoms with Crippen molar-refractivity contribution < 1.29 is 13.2 Å². The van der Waals surface area contributed by atoms with Crippen molar-refractivity contribution in [2.75, 3.05) is 11.4 Å². The fourth-order valence-corrected chi connectivity index (χ4v) is 4.87. The van der Waals surface area contributed by atoms with E-state index in [0.29, 0.717) is 17.5 Å². The molecule has 0 saturated heterocycles. The fraction of sp³-hybridized carbons (Fsp3) is 0.150. The molecule has 4 nitrogen and oxygen atoms in total. The lowest BCUT2D eigenvalue weighted by Crippen LogP contribution is -2.25. The first-order valence-corrected chi connectivity index (χ1v) is 9.63. The Bertz CT molecular complexity index is 1120. The third kappa shape index (κ3) is 2.19. The van der Waals surface area contributed by atoms with E-state index in [4.69, 9.17) is 0 Å². The Kier molecular flexibility index (Phi) is 3.44. The van der Waals surface area contributed by atoms with Gasteiger partial charge in [-0.1, -0.05) is 29.8 Å². The highest BCUT2D eigenvalue weighted by Gasteiger charge is 2.31. The number of carbonyl (C=O) groups is 1. The van der Waals surface area contributed by atoms with Crippen LogP contribution in [0.2, 0.25) is 0 Å². The van der Waals surface area contributed by atoms with Crippen LogP contribution in [-0.4, -0.2) is 20.9 Å². The summed E-state index contributed by atoms with van der Waals surface area (Å²) >= 11 is 0. The second-order valence-electron chi connectivity index (χ2n) is 6.18. The summed E-state index contributed by atoms with van der Waals surface area (Å²) in [6.45, 7) is 4.37. The zero-order valence-electron chi connectivity index (χ0n) is 14.0. The number of aryl methyl sites for hydroxylation is 1. The van der Waals surface area contributed by atoms with Gasteiger partial charge in [-0.15, -0.1) is 0 Å². The number of rotatable bonds is 3. The molecule has 0 fully saturated rings. The molecule has 3 aromatic carbocycles. The molecule has 3 aromatic rings. The Labute approximate surface area is 146 Å². The highest BCUT2D eigenvalue weighted by atomic mass is 32.2. The topological polar surface area (TPSA) is 54.5 Å². The smallest absolute Gasteiger partial charge is 0.258 e. The van der Waals surface area contributed by atoms with E-state index in [1.807, 2.05) is 19.9 Å². The summed E-state index contributed by atoms with van der Waals surface area (Å²) in [6, 6.07) is 15.4. The van der Waals surface area contributed by atoms with Gasteiger partial charge in [0.1, 0.15) is 0 Å². The standard InChI is InChI=1S/C20H17NO3S/c1-3-21-17-6-4-5-15-18(12-11-16(19(15)17)20(21)22)25(23,24)14-9-7-13(2)8-10-14/h4-12H,3H2,1-2H3. The minimum absolute atomic E-state index is 0.0759. The molecule has 0 unspecified atom stereocenters. The number of nitrogens with zero attached hydrogens (tertiary/aromatic N) is 1. The van der Waals surface area contributed by atoms with Gasteiger partial charge in [-0.05, 0) is 44.2 Å². The van der Waals surface area contributed by atoms with Gasteiger partial charge < -0.3 is 4.90 Å². The van der Waals surface area contributed by atoms with Crippen LogP contribution in [-0.2, 0) is 9.84 Å². The third-order valence-electron chi connectivity index (χ3n) is 4.68. The van der Waals surface area contributed by atoms with E-state index < -0.39 is 9.84 Å². The molecule has 0 spiro atoms. The lowest BCUT2D eigenvalue weighted by Gasteiger charge is -2.14. The minimum Gasteiger partial charge on any atom is -0.308 e. The van der Waals surface area contributed by atoms with E-state index in [2.05, 4.69) is 0 Å². The zero-order valence-corrected chi connectivity index (χ0v) is 14.8. The second-order valence-corrected chi connectivity index (χ2v) is 8.09. The van der Waals surface area contributed by atoms with Crippen LogP contribution in [0.5, 0.6) is 0 Å². The molecule has 1 amide bonds. The number of carbonyl (C=O) groups excluding carboxylic acids is 1. The first-order valence-electron chi connectivity index (χ1n) is 8.14. The molecule has 0 bridgehead atoms. The van der Waals surface area contributed by atoms with Gasteiger partial charge in [0.2, 0.25) is 9.84 Å². The molecule has 0 radical (unpaired) electrons. The van der Waals surface area contributed by atoms with Gasteiger partial charge in [0.05, 0.1) is 15.5 Å². The number of hydrogen-bond acceptors (Lipinski definition) is 3. The molecular weight excluding hydrogens is 334 g/mol. The van der Waals surface area contributed by atoms with Gasteiger partial charge in [0, 0.05) is 22.9 Å². The van der Waals surface area contributed by atoms with Crippen molar-refractivity contribution >= 4 is 32.2 Å². The molecule has 0 N–H and O–H groups in total. The molecule has 0 atom stereocenters. The number of sulfone groups is 1. The summed E-state index contributed by atoms with van der Waals surface area (Å²) in [7, 11) is -3.66. The van der Waals surface area contributed by atoms with Crippen molar-refractivity contribution in [2.45, 2.75) is 23.6 Å². The van der Waals surface area contributed by atoms with Crippen LogP contribution in [0.25, 0.3) is 10.8 Å². The van der Waals surface area contributed by atoms with Crippen molar-refractivity contribution in [3.8, 4) is 0 Å². The number of amides is 1. The maximum Gasteiger partial charge on any atom is 0.258 e. The zero-order chi connectivity index (χ0) is 17.8. The van der Waals surface area contributed by atoms with Crippen molar-refractivity contribution in [2.24, 2.45) is 0 Å². The molecule has 4 rings (SSSR count). The summed E-state index contributed by atoms with van der Waals surface area (Å²) < 4.78 is 26.3. The van der Waals surface area contributed by atoms with Gasteiger partial charge in [-0.25, -0.2) is 8.42 Å². The Balaban J connectivity index is 2.01. The maximum absolute atomic E-state index is 13.1. The monoisotopic (exact) mass is 351 g/mol. The number of hydrogen-bond donors (Lipinski definition) is 0. The number of benzene rings is 3. The van der Waals surface area contributed by atoms with Crippen LogP contribution in [0, 0.1) is 6.92 Å². The molecule has 0 saturated carbocycles. The van der Waals surface area contributed by atoms with Crippen molar-refractivity contribution in [3.63, 3.8) is 0 Å². The highest BCUT2D eigenvalue weighted by molar-refractivity contribution is 7.91. The van der Waals surface area contributed by atoms with Crippen molar-refractivity contribution in [3.05, 3.63) is 65.7 Å². The maximum atomic E-state index is 13.1. The van der Waals surface area contributed by atoms with E-state index >= 15 is 0 Å². The fourth-order valence-electron chi connectivity index (χ4n) is 3.41. The molecule has 1 aliphatic heterocycles.